The third-order valence-corrected chi connectivity index (χ3v) is 6.77. The summed E-state index contributed by atoms with van der Waals surface area (Å²) >= 11 is 1.13. The van der Waals surface area contributed by atoms with Crippen molar-refractivity contribution in [3.63, 3.8) is 0 Å². The summed E-state index contributed by atoms with van der Waals surface area (Å²) in [6.07, 6.45) is 0. The molecule has 4 nitrogen and oxygen atoms in total. The van der Waals surface area contributed by atoms with Crippen molar-refractivity contribution < 1.29 is 13.5 Å². The van der Waals surface area contributed by atoms with E-state index in [1.54, 1.807) is 13.1 Å². The molecule has 1 aromatic heterocycles. The second kappa shape index (κ2) is 6.27. The van der Waals surface area contributed by atoms with Crippen molar-refractivity contribution in [1.82, 2.24) is 4.31 Å². The summed E-state index contributed by atoms with van der Waals surface area (Å²) in [6.45, 7) is 3.98. The van der Waals surface area contributed by atoms with E-state index < -0.39 is 10.0 Å². The second-order valence-corrected chi connectivity index (χ2v) is 8.49. The zero-order valence-electron chi connectivity index (χ0n) is 12.3. The Morgan fingerprint density at radius 3 is 2.52 bits per heavy atom. The Bertz CT molecular complexity index is 735. The maximum Gasteiger partial charge on any atom is 0.252 e. The van der Waals surface area contributed by atoms with Gasteiger partial charge in [-0.05, 0) is 31.0 Å². The Hall–Kier alpha value is -1.21. The Labute approximate surface area is 129 Å². The average Bonchev–Trinajstić information content (AvgIpc) is 2.80. The fraction of sp³-hybridized carbons (Fsp3) is 0.333. The largest absolute Gasteiger partial charge is 0.391 e. The minimum absolute atomic E-state index is 0.131. The van der Waals surface area contributed by atoms with E-state index in [2.05, 4.69) is 0 Å². The fourth-order valence-electron chi connectivity index (χ4n) is 2.08. The lowest BCUT2D eigenvalue weighted by Gasteiger charge is -2.16. The molecule has 1 aromatic carbocycles. The van der Waals surface area contributed by atoms with Gasteiger partial charge in [0, 0.05) is 18.5 Å². The normalized spacial score (nSPS) is 12.0. The van der Waals surface area contributed by atoms with E-state index in [0.717, 1.165) is 28.0 Å². The van der Waals surface area contributed by atoms with E-state index in [9.17, 15) is 13.5 Å². The second-order valence-electron chi connectivity index (χ2n) is 5.08. The molecule has 0 radical (unpaired) electrons. The summed E-state index contributed by atoms with van der Waals surface area (Å²) < 4.78 is 26.7. The van der Waals surface area contributed by atoms with E-state index in [4.69, 9.17) is 0 Å². The third kappa shape index (κ3) is 3.52. The molecule has 1 N–H and O–H groups in total. The van der Waals surface area contributed by atoms with Gasteiger partial charge in [0.15, 0.2) is 0 Å². The maximum atomic E-state index is 12.6. The SMILES string of the molecule is Cc1cccc(CN(C)S(=O)(=O)c2cc(C)c(CO)s2)c1. The minimum atomic E-state index is -3.52. The molecule has 0 spiro atoms. The first-order valence-corrected chi connectivity index (χ1v) is 8.82. The minimum Gasteiger partial charge on any atom is -0.391 e. The van der Waals surface area contributed by atoms with Gasteiger partial charge in [0.05, 0.1) is 6.61 Å². The molecule has 0 amide bonds. The molecule has 21 heavy (non-hydrogen) atoms. The van der Waals surface area contributed by atoms with Crippen molar-refractivity contribution in [3.8, 4) is 0 Å². The molecule has 0 saturated carbocycles. The van der Waals surface area contributed by atoms with Crippen molar-refractivity contribution >= 4 is 21.4 Å². The van der Waals surface area contributed by atoms with E-state index in [0.29, 0.717) is 11.4 Å². The molecule has 0 saturated heterocycles. The van der Waals surface area contributed by atoms with Crippen LogP contribution in [0.4, 0.5) is 0 Å². The molecule has 2 rings (SSSR count). The van der Waals surface area contributed by atoms with Crippen LogP contribution in [0.25, 0.3) is 0 Å². The van der Waals surface area contributed by atoms with Crippen molar-refractivity contribution in [2.24, 2.45) is 0 Å². The van der Waals surface area contributed by atoms with Gasteiger partial charge >= 0.3 is 0 Å². The lowest BCUT2D eigenvalue weighted by atomic mass is 10.1. The van der Waals surface area contributed by atoms with Crippen LogP contribution in [0.5, 0.6) is 0 Å². The molecule has 0 aliphatic carbocycles. The number of aryl methyl sites for hydroxylation is 2. The Morgan fingerprint density at radius 2 is 1.95 bits per heavy atom. The predicted octanol–water partition coefficient (Wildman–Crippen LogP) is 2.68. The molecule has 0 unspecified atom stereocenters. The monoisotopic (exact) mass is 325 g/mol. The molecular formula is C15H19NO3S2. The molecule has 114 valence electrons. The topological polar surface area (TPSA) is 57.6 Å². The van der Waals surface area contributed by atoms with Gasteiger partial charge in [-0.25, -0.2) is 8.42 Å². The average molecular weight is 325 g/mol. The molecule has 0 fully saturated rings. The zero-order valence-corrected chi connectivity index (χ0v) is 14.0. The number of benzene rings is 1. The summed E-state index contributed by atoms with van der Waals surface area (Å²) in [4.78, 5) is 0.692. The highest BCUT2D eigenvalue weighted by atomic mass is 32.2. The number of aliphatic hydroxyl groups is 1. The molecule has 0 aliphatic heterocycles. The molecule has 1 heterocycles. The van der Waals surface area contributed by atoms with Gasteiger partial charge in [-0.1, -0.05) is 29.8 Å². The summed E-state index contributed by atoms with van der Waals surface area (Å²) in [5, 5.41) is 9.20. The number of sulfonamides is 1. The van der Waals surface area contributed by atoms with Crippen LogP contribution in [-0.4, -0.2) is 24.9 Å². The molecule has 0 aliphatic rings. The van der Waals surface area contributed by atoms with Crippen LogP contribution in [0.15, 0.2) is 34.5 Å². The van der Waals surface area contributed by atoms with Crippen molar-refractivity contribution in [2.45, 2.75) is 31.2 Å². The van der Waals surface area contributed by atoms with Gasteiger partial charge in [-0.15, -0.1) is 11.3 Å². The molecule has 6 heteroatoms. The van der Waals surface area contributed by atoms with Gasteiger partial charge < -0.3 is 5.11 Å². The fourth-order valence-corrected chi connectivity index (χ4v) is 4.90. The highest BCUT2D eigenvalue weighted by Crippen LogP contribution is 2.28. The van der Waals surface area contributed by atoms with Gasteiger partial charge in [0.25, 0.3) is 10.0 Å². The Balaban J connectivity index is 2.26. The summed E-state index contributed by atoms with van der Waals surface area (Å²) in [6, 6.07) is 9.42. The Kier molecular flexibility index (Phi) is 4.83. The standard InChI is InChI=1S/C15H19NO3S2/c1-11-5-4-6-13(7-11)9-16(3)21(18,19)15-8-12(2)14(10-17)20-15/h4-8,17H,9-10H2,1-3H3. The van der Waals surface area contributed by atoms with Gasteiger partial charge in [0.1, 0.15) is 4.21 Å². The Morgan fingerprint density at radius 1 is 1.24 bits per heavy atom. The maximum absolute atomic E-state index is 12.6. The third-order valence-electron chi connectivity index (χ3n) is 3.29. The lowest BCUT2D eigenvalue weighted by molar-refractivity contribution is 0.285. The van der Waals surface area contributed by atoms with Crippen molar-refractivity contribution in [1.29, 1.82) is 0 Å². The number of nitrogens with zero attached hydrogens (tertiary/aromatic N) is 1. The number of hydrogen-bond acceptors (Lipinski definition) is 4. The van der Waals surface area contributed by atoms with Crippen LogP contribution in [0, 0.1) is 13.8 Å². The first-order valence-electron chi connectivity index (χ1n) is 6.56. The van der Waals surface area contributed by atoms with Gasteiger partial charge in [0.2, 0.25) is 0 Å². The first-order chi connectivity index (χ1) is 9.84. The van der Waals surface area contributed by atoms with E-state index in [-0.39, 0.29) is 10.8 Å². The highest BCUT2D eigenvalue weighted by molar-refractivity contribution is 7.91. The highest BCUT2D eigenvalue weighted by Gasteiger charge is 2.24. The van der Waals surface area contributed by atoms with Crippen LogP contribution in [-0.2, 0) is 23.2 Å². The zero-order chi connectivity index (χ0) is 15.6. The summed E-state index contributed by atoms with van der Waals surface area (Å²) in [7, 11) is -1.95. The number of rotatable bonds is 5. The number of hydrogen-bond donors (Lipinski definition) is 1. The smallest absolute Gasteiger partial charge is 0.252 e. The van der Waals surface area contributed by atoms with Crippen molar-refractivity contribution in [2.75, 3.05) is 7.05 Å². The van der Waals surface area contributed by atoms with Gasteiger partial charge in [-0.3, -0.25) is 0 Å². The summed E-state index contributed by atoms with van der Waals surface area (Å²) in [5.74, 6) is 0. The quantitative estimate of drug-likeness (QED) is 0.919. The predicted molar refractivity (Wildman–Crippen MR) is 84.8 cm³/mol. The summed E-state index contributed by atoms with van der Waals surface area (Å²) in [5.41, 5.74) is 2.87. The molecule has 0 atom stereocenters. The number of thiophene rings is 1. The van der Waals surface area contributed by atoms with Gasteiger partial charge in [-0.2, -0.15) is 4.31 Å². The van der Waals surface area contributed by atoms with Crippen LogP contribution in [0.1, 0.15) is 21.6 Å². The van der Waals surface area contributed by atoms with Crippen molar-refractivity contribution in [3.05, 3.63) is 51.9 Å². The van der Waals surface area contributed by atoms with Crippen LogP contribution >= 0.6 is 11.3 Å². The number of aliphatic hydroxyl groups excluding tert-OH is 1. The first kappa shape index (κ1) is 16.2. The van der Waals surface area contributed by atoms with Crippen LogP contribution < -0.4 is 0 Å². The molecule has 0 bridgehead atoms. The van der Waals surface area contributed by atoms with E-state index in [1.165, 1.54) is 4.31 Å². The van der Waals surface area contributed by atoms with E-state index in [1.807, 2.05) is 38.1 Å². The van der Waals surface area contributed by atoms with Crippen LogP contribution in [0.3, 0.4) is 0 Å². The lowest BCUT2D eigenvalue weighted by Crippen LogP contribution is -2.25. The van der Waals surface area contributed by atoms with E-state index >= 15 is 0 Å². The molecular weight excluding hydrogens is 306 g/mol. The van der Waals surface area contributed by atoms with Crippen LogP contribution in [0.2, 0.25) is 0 Å². The molecule has 2 aromatic rings.